The van der Waals surface area contributed by atoms with E-state index in [1.54, 1.807) is 11.6 Å². The molecular formula is C8H18N4O4S. The number of ether oxygens (including phenoxy) is 1. The van der Waals surface area contributed by atoms with E-state index in [9.17, 15) is 13.2 Å². The summed E-state index contributed by atoms with van der Waals surface area (Å²) in [5, 5.41) is 6.96. The number of rotatable bonds is 8. The van der Waals surface area contributed by atoms with E-state index >= 15 is 0 Å². The molecule has 0 aromatic rings. The van der Waals surface area contributed by atoms with Crippen LogP contribution in [-0.2, 0) is 14.9 Å². The first kappa shape index (κ1) is 15.7. The fraction of sp³-hybridized carbons (Fsp3) is 0.750. The molecule has 0 atom stereocenters. The number of nitrogens with one attached hydrogen (secondary N) is 3. The average Bonchev–Trinajstić information content (AvgIpc) is 2.15. The van der Waals surface area contributed by atoms with Gasteiger partial charge in [-0.05, 0) is 19.8 Å². The molecule has 0 fully saturated rings. The molecule has 8 nitrogen and oxygen atoms in total. The predicted molar refractivity (Wildman–Crippen MR) is 62.8 cm³/mol. The molecule has 5 N–H and O–H groups in total. The third-order valence-electron chi connectivity index (χ3n) is 1.66. The predicted octanol–water partition coefficient (Wildman–Crippen LogP) is -0.327. The Labute approximate surface area is 101 Å². The summed E-state index contributed by atoms with van der Waals surface area (Å²) in [6, 6.07) is 0. The molecule has 100 valence electrons. The van der Waals surface area contributed by atoms with Gasteiger partial charge in [-0.15, -0.1) is 0 Å². The van der Waals surface area contributed by atoms with Gasteiger partial charge in [-0.2, -0.15) is 13.1 Å². The van der Waals surface area contributed by atoms with Gasteiger partial charge >= 0.3 is 16.3 Å². The first-order valence-electron chi connectivity index (χ1n) is 5.14. The first-order valence-corrected chi connectivity index (χ1v) is 6.62. The summed E-state index contributed by atoms with van der Waals surface area (Å²) in [7, 11) is -3.86. The first-order chi connectivity index (χ1) is 7.87. The average molecular weight is 266 g/mol. The van der Waals surface area contributed by atoms with E-state index in [-0.39, 0.29) is 19.0 Å². The molecule has 1 amide bonds. The van der Waals surface area contributed by atoms with Crippen molar-refractivity contribution in [3.05, 3.63) is 0 Å². The molecular weight excluding hydrogens is 248 g/mol. The number of nitrogens with two attached hydrogens (primary N) is 1. The minimum absolute atomic E-state index is 0.0671. The highest BCUT2D eigenvalue weighted by molar-refractivity contribution is 7.88. The van der Waals surface area contributed by atoms with Crippen molar-refractivity contribution in [3.8, 4) is 0 Å². The minimum Gasteiger partial charge on any atom is -0.449 e. The van der Waals surface area contributed by atoms with Gasteiger partial charge in [0.15, 0.2) is 0 Å². The number of hydrogen-bond acceptors (Lipinski definition) is 5. The van der Waals surface area contributed by atoms with Crippen LogP contribution in [0.15, 0.2) is 0 Å². The molecule has 0 rings (SSSR count). The van der Waals surface area contributed by atoms with Gasteiger partial charge in [-0.1, -0.05) is 0 Å². The van der Waals surface area contributed by atoms with E-state index in [1.165, 1.54) is 0 Å². The summed E-state index contributed by atoms with van der Waals surface area (Å²) in [4.78, 5) is 10.8. The van der Waals surface area contributed by atoms with Crippen molar-refractivity contribution in [2.24, 2.45) is 5.73 Å². The Morgan fingerprint density at radius 1 is 1.41 bits per heavy atom. The van der Waals surface area contributed by atoms with Crippen LogP contribution in [-0.4, -0.2) is 33.5 Å². The third-order valence-corrected chi connectivity index (χ3v) is 2.68. The lowest BCUT2D eigenvalue weighted by Crippen LogP contribution is -2.40. The molecule has 0 heterocycles. The van der Waals surface area contributed by atoms with Crippen molar-refractivity contribution in [3.63, 3.8) is 0 Å². The minimum atomic E-state index is -3.86. The second kappa shape index (κ2) is 7.85. The van der Waals surface area contributed by atoms with Crippen molar-refractivity contribution in [2.45, 2.75) is 26.2 Å². The van der Waals surface area contributed by atoms with E-state index in [4.69, 9.17) is 11.1 Å². The van der Waals surface area contributed by atoms with Crippen molar-refractivity contribution in [2.75, 3.05) is 13.2 Å². The van der Waals surface area contributed by atoms with Crippen LogP contribution < -0.4 is 15.2 Å². The molecule has 0 saturated heterocycles. The molecule has 0 saturated carbocycles. The van der Waals surface area contributed by atoms with Gasteiger partial charge in [0.05, 0.1) is 12.4 Å². The highest BCUT2D eigenvalue weighted by atomic mass is 32.2. The maximum atomic E-state index is 11.2. The van der Waals surface area contributed by atoms with Gasteiger partial charge in [-0.3, -0.25) is 5.41 Å². The van der Waals surface area contributed by atoms with Crippen molar-refractivity contribution in [1.82, 2.24) is 9.44 Å². The van der Waals surface area contributed by atoms with Crippen LogP contribution in [0.1, 0.15) is 26.2 Å². The fourth-order valence-corrected chi connectivity index (χ4v) is 1.72. The topological polar surface area (TPSA) is 134 Å². The third kappa shape index (κ3) is 9.57. The Balaban J connectivity index is 3.79. The van der Waals surface area contributed by atoms with E-state index in [1.807, 2.05) is 0 Å². The Hall–Kier alpha value is -1.35. The summed E-state index contributed by atoms with van der Waals surface area (Å²) in [5.74, 6) is 0.0671. The zero-order valence-electron chi connectivity index (χ0n) is 9.65. The summed E-state index contributed by atoms with van der Waals surface area (Å²) < 4.78 is 30.7. The Bertz CT molecular complexity index is 355. The SMILES string of the molecule is CCOC(=O)NS(=O)(=O)NCCCCC(=N)N. The van der Waals surface area contributed by atoms with E-state index < -0.39 is 16.3 Å². The van der Waals surface area contributed by atoms with E-state index in [2.05, 4.69) is 9.46 Å². The maximum Gasteiger partial charge on any atom is 0.421 e. The molecule has 0 radical (unpaired) electrons. The molecule has 0 spiro atoms. The highest BCUT2D eigenvalue weighted by Gasteiger charge is 2.13. The number of amidine groups is 1. The number of carbonyl (C=O) groups is 1. The Morgan fingerprint density at radius 2 is 2.06 bits per heavy atom. The van der Waals surface area contributed by atoms with Gasteiger partial charge in [0.2, 0.25) is 0 Å². The molecule has 0 unspecified atom stereocenters. The maximum absolute atomic E-state index is 11.2. The van der Waals surface area contributed by atoms with Crippen LogP contribution in [0.4, 0.5) is 4.79 Å². The molecule has 0 bridgehead atoms. The van der Waals surface area contributed by atoms with E-state index in [0.717, 1.165) is 0 Å². The Morgan fingerprint density at radius 3 is 2.59 bits per heavy atom. The standard InChI is InChI=1S/C8H18N4O4S/c1-2-16-8(13)12-17(14,15)11-6-4-3-5-7(9)10/h11H,2-6H2,1H3,(H3,9,10)(H,12,13). The van der Waals surface area contributed by atoms with Crippen LogP contribution >= 0.6 is 0 Å². The molecule has 0 aromatic heterocycles. The van der Waals surface area contributed by atoms with Crippen LogP contribution in [0, 0.1) is 5.41 Å². The van der Waals surface area contributed by atoms with Gasteiger partial charge in [0.25, 0.3) is 0 Å². The van der Waals surface area contributed by atoms with Crippen molar-refractivity contribution < 1.29 is 17.9 Å². The van der Waals surface area contributed by atoms with Crippen LogP contribution in [0.5, 0.6) is 0 Å². The van der Waals surface area contributed by atoms with Gasteiger partial charge in [0, 0.05) is 13.0 Å². The normalized spacial score (nSPS) is 10.9. The van der Waals surface area contributed by atoms with Crippen LogP contribution in [0.2, 0.25) is 0 Å². The summed E-state index contributed by atoms with van der Waals surface area (Å²) >= 11 is 0. The second-order valence-electron chi connectivity index (χ2n) is 3.20. The second-order valence-corrected chi connectivity index (χ2v) is 4.70. The molecule has 0 aliphatic carbocycles. The molecule has 0 aliphatic heterocycles. The summed E-state index contributed by atoms with van der Waals surface area (Å²) in [6.45, 7) is 1.84. The van der Waals surface area contributed by atoms with Gasteiger partial charge < -0.3 is 10.5 Å². The Kier molecular flexibility index (Phi) is 7.22. The van der Waals surface area contributed by atoms with Gasteiger partial charge in [0.1, 0.15) is 0 Å². The molecule has 17 heavy (non-hydrogen) atoms. The number of carbonyl (C=O) groups excluding carboxylic acids is 1. The van der Waals surface area contributed by atoms with Crippen molar-refractivity contribution in [1.29, 1.82) is 5.41 Å². The van der Waals surface area contributed by atoms with E-state index in [0.29, 0.717) is 19.3 Å². The van der Waals surface area contributed by atoms with Crippen LogP contribution in [0.25, 0.3) is 0 Å². The summed E-state index contributed by atoms with van der Waals surface area (Å²) in [6.07, 6.45) is 0.553. The lowest BCUT2D eigenvalue weighted by molar-refractivity contribution is 0.158. The van der Waals surface area contributed by atoms with Crippen molar-refractivity contribution >= 4 is 22.1 Å². The lowest BCUT2D eigenvalue weighted by Gasteiger charge is -2.07. The van der Waals surface area contributed by atoms with Gasteiger partial charge in [-0.25, -0.2) is 9.52 Å². The number of amides is 1. The largest absolute Gasteiger partial charge is 0.449 e. The zero-order chi connectivity index (χ0) is 13.3. The monoisotopic (exact) mass is 266 g/mol. The molecule has 0 aliphatic rings. The highest BCUT2D eigenvalue weighted by Crippen LogP contribution is 1.93. The number of unbranched alkanes of at least 4 members (excludes halogenated alkanes) is 1. The molecule has 9 heteroatoms. The lowest BCUT2D eigenvalue weighted by atomic mass is 10.2. The summed E-state index contributed by atoms with van der Waals surface area (Å²) in [5.41, 5.74) is 5.13. The number of hydrogen-bond donors (Lipinski definition) is 4. The molecule has 0 aromatic carbocycles. The fourth-order valence-electron chi connectivity index (χ4n) is 0.953. The quantitative estimate of drug-likeness (QED) is 0.271. The smallest absolute Gasteiger partial charge is 0.421 e. The zero-order valence-corrected chi connectivity index (χ0v) is 10.5. The van der Waals surface area contributed by atoms with Crippen LogP contribution in [0.3, 0.4) is 0 Å².